The van der Waals surface area contributed by atoms with Crippen molar-refractivity contribution < 1.29 is 14.3 Å². The molecule has 7 heteroatoms. The molecule has 1 aliphatic carbocycles. The highest BCUT2D eigenvalue weighted by atomic mass is 16.5. The van der Waals surface area contributed by atoms with Gasteiger partial charge in [0.05, 0.1) is 19.3 Å². The number of ether oxygens (including phenoxy) is 2. The zero-order valence-corrected chi connectivity index (χ0v) is 13.2. The number of hydrogen-bond acceptors (Lipinski definition) is 5. The molecule has 2 heterocycles. The van der Waals surface area contributed by atoms with Crippen LogP contribution < -0.4 is 0 Å². The summed E-state index contributed by atoms with van der Waals surface area (Å²) in [7, 11) is 0. The van der Waals surface area contributed by atoms with Gasteiger partial charge in [0.25, 0.3) is 5.91 Å². The third kappa shape index (κ3) is 3.47. The number of carbonyl (C=O) groups excluding carboxylic acids is 1. The van der Waals surface area contributed by atoms with Gasteiger partial charge in [-0.05, 0) is 26.7 Å². The second-order valence-corrected chi connectivity index (χ2v) is 6.11. The minimum atomic E-state index is -0.393. The van der Waals surface area contributed by atoms with Gasteiger partial charge >= 0.3 is 0 Å². The van der Waals surface area contributed by atoms with Gasteiger partial charge in [-0.2, -0.15) is 5.10 Å². The van der Waals surface area contributed by atoms with Gasteiger partial charge in [0.2, 0.25) is 0 Å². The number of rotatable bonds is 4. The van der Waals surface area contributed by atoms with Gasteiger partial charge in [-0.15, -0.1) is 0 Å². The lowest BCUT2D eigenvalue weighted by Gasteiger charge is -2.33. The van der Waals surface area contributed by atoms with Crippen molar-refractivity contribution in [2.45, 2.75) is 57.8 Å². The van der Waals surface area contributed by atoms with Gasteiger partial charge in [0, 0.05) is 6.54 Å². The van der Waals surface area contributed by atoms with Crippen LogP contribution in [0.15, 0.2) is 0 Å². The van der Waals surface area contributed by atoms with E-state index in [-0.39, 0.29) is 18.1 Å². The Hall–Kier alpha value is -1.47. The minimum Gasteiger partial charge on any atom is -0.366 e. The average Bonchev–Trinajstić information content (AvgIpc) is 3.18. The molecule has 2 unspecified atom stereocenters. The number of aryl methyl sites for hydroxylation is 1. The van der Waals surface area contributed by atoms with Crippen molar-refractivity contribution in [3.8, 4) is 0 Å². The number of aromatic amines is 1. The van der Waals surface area contributed by atoms with Gasteiger partial charge < -0.3 is 14.4 Å². The molecule has 2 fully saturated rings. The van der Waals surface area contributed by atoms with Crippen LogP contribution in [-0.2, 0) is 14.3 Å². The van der Waals surface area contributed by atoms with Crippen molar-refractivity contribution in [3.05, 3.63) is 11.6 Å². The summed E-state index contributed by atoms with van der Waals surface area (Å²) in [5.41, 5.74) is 0. The van der Waals surface area contributed by atoms with Crippen LogP contribution in [-0.4, -0.2) is 57.9 Å². The van der Waals surface area contributed by atoms with E-state index in [0.29, 0.717) is 25.5 Å². The number of morpholine rings is 1. The molecular formula is C15H24N4O3. The summed E-state index contributed by atoms with van der Waals surface area (Å²) in [4.78, 5) is 18.7. The molecule has 1 N–H and O–H groups in total. The van der Waals surface area contributed by atoms with E-state index < -0.39 is 6.10 Å². The lowest BCUT2D eigenvalue weighted by molar-refractivity contribution is -0.153. The highest BCUT2D eigenvalue weighted by Crippen LogP contribution is 2.24. The third-order valence-electron chi connectivity index (χ3n) is 4.33. The third-order valence-corrected chi connectivity index (χ3v) is 4.33. The lowest BCUT2D eigenvalue weighted by Crippen LogP contribution is -2.47. The zero-order chi connectivity index (χ0) is 15.5. The Morgan fingerprint density at radius 1 is 1.45 bits per heavy atom. The number of H-pyrrole nitrogens is 1. The van der Waals surface area contributed by atoms with Crippen LogP contribution in [0.1, 0.15) is 50.4 Å². The predicted octanol–water partition coefficient (Wildman–Crippen LogP) is 1.36. The Labute approximate surface area is 130 Å². The summed E-state index contributed by atoms with van der Waals surface area (Å²) in [6, 6.07) is 0. The summed E-state index contributed by atoms with van der Waals surface area (Å²) < 4.78 is 11.6. The monoisotopic (exact) mass is 308 g/mol. The fraction of sp³-hybridized carbons (Fsp3) is 0.800. The lowest BCUT2D eigenvalue weighted by atomic mass is 10.2. The number of hydrogen-bond donors (Lipinski definition) is 1. The van der Waals surface area contributed by atoms with Crippen LogP contribution in [0.2, 0.25) is 0 Å². The first kappa shape index (κ1) is 15.4. The maximum atomic E-state index is 12.6. The largest absolute Gasteiger partial charge is 0.366 e. The molecule has 1 saturated heterocycles. The van der Waals surface area contributed by atoms with Crippen LogP contribution in [0.3, 0.4) is 0 Å². The molecule has 3 rings (SSSR count). The molecule has 122 valence electrons. The van der Waals surface area contributed by atoms with Crippen molar-refractivity contribution >= 4 is 5.91 Å². The van der Waals surface area contributed by atoms with E-state index in [1.807, 2.05) is 13.8 Å². The SMILES string of the molecule is Cc1nc(C2CN(C(=O)C(C)OC3CCCC3)CCO2)n[nH]1. The summed E-state index contributed by atoms with van der Waals surface area (Å²) in [5, 5.41) is 6.94. The maximum Gasteiger partial charge on any atom is 0.251 e. The van der Waals surface area contributed by atoms with Crippen molar-refractivity contribution in [3.63, 3.8) is 0 Å². The van der Waals surface area contributed by atoms with Crippen LogP contribution in [0.25, 0.3) is 0 Å². The molecule has 7 nitrogen and oxygen atoms in total. The molecule has 1 amide bonds. The van der Waals surface area contributed by atoms with Gasteiger partial charge in [0.15, 0.2) is 5.82 Å². The Morgan fingerprint density at radius 2 is 2.23 bits per heavy atom. The Bertz CT molecular complexity index is 513. The molecule has 0 radical (unpaired) electrons. The first-order valence-electron chi connectivity index (χ1n) is 8.08. The summed E-state index contributed by atoms with van der Waals surface area (Å²) >= 11 is 0. The second-order valence-electron chi connectivity index (χ2n) is 6.11. The van der Waals surface area contributed by atoms with Crippen molar-refractivity contribution in [2.24, 2.45) is 0 Å². The van der Waals surface area contributed by atoms with Gasteiger partial charge in [-0.1, -0.05) is 12.8 Å². The number of nitrogens with one attached hydrogen (secondary N) is 1. The topological polar surface area (TPSA) is 80.3 Å². The normalized spacial score (nSPS) is 24.6. The van der Waals surface area contributed by atoms with E-state index in [9.17, 15) is 4.79 Å². The molecular weight excluding hydrogens is 284 g/mol. The van der Waals surface area contributed by atoms with Crippen LogP contribution in [0.5, 0.6) is 0 Å². The summed E-state index contributed by atoms with van der Waals surface area (Å²) in [6.07, 6.45) is 4.13. The van der Waals surface area contributed by atoms with Crippen LogP contribution in [0.4, 0.5) is 0 Å². The first-order valence-corrected chi connectivity index (χ1v) is 8.08. The van der Waals surface area contributed by atoms with Gasteiger partial charge in [0.1, 0.15) is 18.0 Å². The zero-order valence-electron chi connectivity index (χ0n) is 13.2. The van der Waals surface area contributed by atoms with E-state index >= 15 is 0 Å². The minimum absolute atomic E-state index is 0.0347. The number of aromatic nitrogens is 3. The average molecular weight is 308 g/mol. The highest BCUT2D eigenvalue weighted by molar-refractivity contribution is 5.80. The van der Waals surface area contributed by atoms with Crippen LogP contribution in [0, 0.1) is 6.92 Å². The Balaban J connectivity index is 1.57. The van der Waals surface area contributed by atoms with E-state index in [1.165, 1.54) is 12.8 Å². The molecule has 1 saturated carbocycles. The molecule has 1 aromatic rings. The Kier molecular flexibility index (Phi) is 4.73. The highest BCUT2D eigenvalue weighted by Gasteiger charge is 2.31. The number of nitrogens with zero attached hydrogens (tertiary/aromatic N) is 3. The van der Waals surface area contributed by atoms with Gasteiger partial charge in [-0.25, -0.2) is 4.98 Å². The molecule has 1 aliphatic heterocycles. The quantitative estimate of drug-likeness (QED) is 0.908. The van der Waals surface area contributed by atoms with E-state index in [0.717, 1.165) is 18.7 Å². The van der Waals surface area contributed by atoms with E-state index in [1.54, 1.807) is 4.90 Å². The number of carbonyl (C=O) groups is 1. The molecule has 0 bridgehead atoms. The molecule has 2 atom stereocenters. The van der Waals surface area contributed by atoms with Crippen molar-refractivity contribution in [1.82, 2.24) is 20.1 Å². The van der Waals surface area contributed by atoms with E-state index in [2.05, 4.69) is 15.2 Å². The molecule has 0 spiro atoms. The maximum absolute atomic E-state index is 12.6. The van der Waals surface area contributed by atoms with E-state index in [4.69, 9.17) is 9.47 Å². The molecule has 2 aliphatic rings. The summed E-state index contributed by atoms with van der Waals surface area (Å²) in [5.74, 6) is 1.40. The van der Waals surface area contributed by atoms with Gasteiger partial charge in [-0.3, -0.25) is 9.89 Å². The Morgan fingerprint density at radius 3 is 2.91 bits per heavy atom. The van der Waals surface area contributed by atoms with Crippen molar-refractivity contribution in [1.29, 1.82) is 0 Å². The molecule has 22 heavy (non-hydrogen) atoms. The standard InChI is InChI=1S/C15H24N4O3/c1-10(22-12-5-3-4-6-12)15(20)19-7-8-21-13(9-19)14-16-11(2)17-18-14/h10,12-13H,3-9H2,1-2H3,(H,16,17,18). The van der Waals surface area contributed by atoms with Crippen molar-refractivity contribution in [2.75, 3.05) is 19.7 Å². The predicted molar refractivity (Wildman–Crippen MR) is 79.2 cm³/mol. The summed E-state index contributed by atoms with van der Waals surface area (Å²) in [6.45, 7) is 5.27. The second kappa shape index (κ2) is 6.75. The first-order chi connectivity index (χ1) is 10.6. The molecule has 0 aromatic carbocycles. The smallest absolute Gasteiger partial charge is 0.251 e. The van der Waals surface area contributed by atoms with Crippen LogP contribution >= 0.6 is 0 Å². The fourth-order valence-electron chi connectivity index (χ4n) is 3.14. The number of amides is 1. The molecule has 1 aromatic heterocycles. The fourth-order valence-corrected chi connectivity index (χ4v) is 3.14.